The minimum Gasteiger partial charge on any atom is -0.368 e. The molecular weight excluding hydrogens is 350 g/mol. The van der Waals surface area contributed by atoms with Crippen molar-refractivity contribution >= 4 is 11.8 Å². The molecule has 3 aromatic rings. The highest BCUT2D eigenvalue weighted by Crippen LogP contribution is 2.40. The van der Waals surface area contributed by atoms with E-state index >= 15 is 0 Å². The van der Waals surface area contributed by atoms with E-state index in [1.165, 1.54) is 0 Å². The maximum absolute atomic E-state index is 13.6. The van der Waals surface area contributed by atoms with E-state index in [1.54, 1.807) is 23.2 Å². The third kappa shape index (κ3) is 3.27. The molecule has 2 aromatic carbocycles. The number of carbonyl (C=O) groups is 2. The second kappa shape index (κ2) is 7.64. The molecule has 1 aromatic heterocycles. The fourth-order valence-electron chi connectivity index (χ4n) is 3.95. The zero-order valence-electron chi connectivity index (χ0n) is 15.4. The van der Waals surface area contributed by atoms with Gasteiger partial charge in [0.25, 0.3) is 5.91 Å². The number of pyridine rings is 1. The normalized spacial score (nSPS) is 16.2. The zero-order valence-corrected chi connectivity index (χ0v) is 15.4. The average Bonchev–Trinajstić information content (AvgIpc) is 3.16. The summed E-state index contributed by atoms with van der Waals surface area (Å²) in [6.07, 6.45) is 3.23. The van der Waals surface area contributed by atoms with Crippen LogP contribution in [0.3, 0.4) is 0 Å². The number of rotatable bonds is 5. The SMILES string of the molecule is NC(=O)[C@H](c1ccccc1)N(C(=O)c1ccccc1)[C@@H]1CCc2ncccc21. The fraction of sp³-hybridized carbons (Fsp3) is 0.174. The molecule has 28 heavy (non-hydrogen) atoms. The van der Waals surface area contributed by atoms with Gasteiger partial charge in [0, 0.05) is 17.5 Å². The first-order chi connectivity index (χ1) is 13.7. The number of aryl methyl sites for hydroxylation is 1. The van der Waals surface area contributed by atoms with Crippen LogP contribution in [0.2, 0.25) is 0 Å². The number of hydrogen-bond acceptors (Lipinski definition) is 3. The molecule has 1 heterocycles. The summed E-state index contributed by atoms with van der Waals surface area (Å²) in [5.41, 5.74) is 9.01. The lowest BCUT2D eigenvalue weighted by Crippen LogP contribution is -2.43. The van der Waals surface area contributed by atoms with Gasteiger partial charge in [-0.05, 0) is 42.2 Å². The third-order valence-electron chi connectivity index (χ3n) is 5.19. The van der Waals surface area contributed by atoms with Crippen LogP contribution in [0, 0.1) is 0 Å². The molecule has 5 nitrogen and oxygen atoms in total. The number of nitrogens with zero attached hydrogens (tertiary/aromatic N) is 2. The molecule has 0 spiro atoms. The average molecular weight is 371 g/mol. The van der Waals surface area contributed by atoms with E-state index in [2.05, 4.69) is 4.98 Å². The van der Waals surface area contributed by atoms with E-state index in [-0.39, 0.29) is 11.9 Å². The monoisotopic (exact) mass is 371 g/mol. The van der Waals surface area contributed by atoms with Gasteiger partial charge in [0.05, 0.1) is 6.04 Å². The van der Waals surface area contributed by atoms with Gasteiger partial charge >= 0.3 is 0 Å². The zero-order chi connectivity index (χ0) is 19.5. The molecule has 0 bridgehead atoms. The summed E-state index contributed by atoms with van der Waals surface area (Å²) < 4.78 is 0. The first-order valence-electron chi connectivity index (χ1n) is 9.32. The van der Waals surface area contributed by atoms with Crippen LogP contribution in [0.4, 0.5) is 0 Å². The van der Waals surface area contributed by atoms with Crippen LogP contribution in [0.1, 0.15) is 45.7 Å². The highest BCUT2D eigenvalue weighted by atomic mass is 16.2. The number of amides is 2. The van der Waals surface area contributed by atoms with Gasteiger partial charge in [-0.25, -0.2) is 0 Å². The topological polar surface area (TPSA) is 76.3 Å². The van der Waals surface area contributed by atoms with E-state index in [1.807, 2.05) is 60.7 Å². The number of primary amides is 1. The maximum Gasteiger partial charge on any atom is 0.255 e. The summed E-state index contributed by atoms with van der Waals surface area (Å²) in [6, 6.07) is 21.0. The number of benzene rings is 2. The van der Waals surface area contributed by atoms with Crippen LogP contribution in [-0.2, 0) is 11.2 Å². The van der Waals surface area contributed by atoms with Gasteiger partial charge in [0.15, 0.2) is 0 Å². The molecule has 0 saturated heterocycles. The Hall–Kier alpha value is -3.47. The first-order valence-corrected chi connectivity index (χ1v) is 9.32. The Morgan fingerprint density at radius 2 is 1.64 bits per heavy atom. The predicted molar refractivity (Wildman–Crippen MR) is 106 cm³/mol. The first kappa shape index (κ1) is 17.9. The fourth-order valence-corrected chi connectivity index (χ4v) is 3.95. The standard InChI is InChI=1S/C23H21N3O2/c24-22(27)21(16-8-3-1-4-9-16)26(23(28)17-10-5-2-6-11-17)20-14-13-19-18(20)12-7-15-25-19/h1-12,15,20-21H,13-14H2,(H2,24,27)/t20-,21+/m1/s1. The largest absolute Gasteiger partial charge is 0.368 e. The maximum atomic E-state index is 13.6. The van der Waals surface area contributed by atoms with Gasteiger partial charge in [-0.3, -0.25) is 14.6 Å². The highest BCUT2D eigenvalue weighted by molar-refractivity contribution is 5.98. The summed E-state index contributed by atoms with van der Waals surface area (Å²) >= 11 is 0. The van der Waals surface area contributed by atoms with E-state index in [0.29, 0.717) is 17.5 Å². The van der Waals surface area contributed by atoms with Crippen LogP contribution >= 0.6 is 0 Å². The van der Waals surface area contributed by atoms with E-state index in [4.69, 9.17) is 5.73 Å². The molecule has 2 amide bonds. The molecule has 1 aliphatic carbocycles. The number of carbonyl (C=O) groups excluding carboxylic acids is 2. The van der Waals surface area contributed by atoms with Crippen molar-refractivity contribution < 1.29 is 9.59 Å². The summed E-state index contributed by atoms with van der Waals surface area (Å²) in [5.74, 6) is -0.761. The summed E-state index contributed by atoms with van der Waals surface area (Å²) in [4.78, 5) is 32.2. The van der Waals surface area contributed by atoms with Crippen molar-refractivity contribution in [3.63, 3.8) is 0 Å². The molecule has 5 heteroatoms. The molecule has 2 N–H and O–H groups in total. The van der Waals surface area contributed by atoms with Crippen molar-refractivity contribution in [1.82, 2.24) is 9.88 Å². The molecule has 1 aliphatic rings. The Labute approximate surface area is 163 Å². The van der Waals surface area contributed by atoms with Crippen molar-refractivity contribution in [2.24, 2.45) is 5.73 Å². The highest BCUT2D eigenvalue weighted by Gasteiger charge is 2.39. The molecule has 0 saturated carbocycles. The van der Waals surface area contributed by atoms with Crippen LogP contribution in [0.15, 0.2) is 79.0 Å². The van der Waals surface area contributed by atoms with Crippen molar-refractivity contribution in [2.45, 2.75) is 24.9 Å². The van der Waals surface area contributed by atoms with Crippen molar-refractivity contribution in [2.75, 3.05) is 0 Å². The van der Waals surface area contributed by atoms with Crippen LogP contribution in [0.25, 0.3) is 0 Å². The molecule has 2 atom stereocenters. The smallest absolute Gasteiger partial charge is 0.255 e. The van der Waals surface area contributed by atoms with Gasteiger partial charge in [0.1, 0.15) is 6.04 Å². The molecule has 4 rings (SSSR count). The summed E-state index contributed by atoms with van der Waals surface area (Å²) in [6.45, 7) is 0. The van der Waals surface area contributed by atoms with E-state index in [0.717, 1.165) is 17.7 Å². The molecule has 0 fully saturated rings. The Balaban J connectivity index is 1.84. The molecule has 0 aliphatic heterocycles. The lowest BCUT2D eigenvalue weighted by molar-refractivity contribution is -0.123. The van der Waals surface area contributed by atoms with E-state index < -0.39 is 11.9 Å². The van der Waals surface area contributed by atoms with Crippen molar-refractivity contribution in [1.29, 1.82) is 0 Å². The number of nitrogens with two attached hydrogens (primary N) is 1. The second-order valence-electron chi connectivity index (χ2n) is 6.89. The van der Waals surface area contributed by atoms with Gasteiger partial charge in [-0.1, -0.05) is 54.6 Å². The number of fused-ring (bicyclic) bond motifs is 1. The van der Waals surface area contributed by atoms with E-state index in [9.17, 15) is 9.59 Å². The van der Waals surface area contributed by atoms with Crippen LogP contribution in [0.5, 0.6) is 0 Å². The summed E-state index contributed by atoms with van der Waals surface area (Å²) in [7, 11) is 0. The van der Waals surface area contributed by atoms with Crippen LogP contribution in [-0.4, -0.2) is 21.7 Å². The lowest BCUT2D eigenvalue weighted by atomic mass is 9.98. The predicted octanol–water partition coefficient (Wildman–Crippen LogP) is 3.44. The molecule has 140 valence electrons. The molecular formula is C23H21N3O2. The third-order valence-corrected chi connectivity index (χ3v) is 5.19. The molecule has 0 radical (unpaired) electrons. The minimum atomic E-state index is -0.856. The number of hydrogen-bond donors (Lipinski definition) is 1. The van der Waals surface area contributed by atoms with Gasteiger partial charge < -0.3 is 10.6 Å². The van der Waals surface area contributed by atoms with Crippen molar-refractivity contribution in [3.05, 3.63) is 101 Å². The number of aromatic nitrogens is 1. The van der Waals surface area contributed by atoms with Gasteiger partial charge in [-0.2, -0.15) is 0 Å². The Bertz CT molecular complexity index is 989. The summed E-state index contributed by atoms with van der Waals surface area (Å²) in [5, 5.41) is 0. The van der Waals surface area contributed by atoms with Gasteiger partial charge in [0.2, 0.25) is 5.91 Å². The van der Waals surface area contributed by atoms with Gasteiger partial charge in [-0.15, -0.1) is 0 Å². The van der Waals surface area contributed by atoms with Crippen LogP contribution < -0.4 is 5.73 Å². The lowest BCUT2D eigenvalue weighted by Gasteiger charge is -2.35. The minimum absolute atomic E-state index is 0.213. The Kier molecular flexibility index (Phi) is 4.89. The Morgan fingerprint density at radius 3 is 2.32 bits per heavy atom. The second-order valence-corrected chi connectivity index (χ2v) is 6.89. The van der Waals surface area contributed by atoms with Crippen molar-refractivity contribution in [3.8, 4) is 0 Å². The molecule has 0 unspecified atom stereocenters. The Morgan fingerprint density at radius 1 is 0.964 bits per heavy atom. The quantitative estimate of drug-likeness (QED) is 0.746.